The lowest BCUT2D eigenvalue weighted by molar-refractivity contribution is 0.112. The average Bonchev–Trinajstić information content (AvgIpc) is 2.33. The van der Waals surface area contributed by atoms with Crippen LogP contribution in [0.5, 0.6) is 0 Å². The van der Waals surface area contributed by atoms with Gasteiger partial charge < -0.3 is 0 Å². The predicted molar refractivity (Wildman–Crippen MR) is 59.8 cm³/mol. The number of benzene rings is 1. The van der Waals surface area contributed by atoms with Crippen LogP contribution in [0.15, 0.2) is 36.7 Å². The van der Waals surface area contributed by atoms with Crippen molar-refractivity contribution in [3.63, 3.8) is 0 Å². The summed E-state index contributed by atoms with van der Waals surface area (Å²) in [7, 11) is 0. The van der Waals surface area contributed by atoms with E-state index in [1.807, 2.05) is 0 Å². The van der Waals surface area contributed by atoms with Crippen molar-refractivity contribution in [2.45, 2.75) is 6.92 Å². The Bertz CT molecular complexity index is 520. The molecule has 3 heteroatoms. The molecule has 1 aromatic carbocycles. The molecule has 0 saturated carbocycles. The maximum atomic E-state index is 13.3. The number of hydrogen-bond acceptors (Lipinski definition) is 2. The molecule has 0 radical (unpaired) electrons. The molecule has 0 fully saturated rings. The van der Waals surface area contributed by atoms with Gasteiger partial charge in [-0.25, -0.2) is 4.39 Å². The number of hydrogen-bond donors (Lipinski definition) is 0. The summed E-state index contributed by atoms with van der Waals surface area (Å²) in [5.74, 6) is -0.322. The van der Waals surface area contributed by atoms with Gasteiger partial charge in [-0.05, 0) is 18.1 Å². The van der Waals surface area contributed by atoms with Crippen LogP contribution in [0.2, 0.25) is 0 Å². The minimum absolute atomic E-state index is 0.322. The van der Waals surface area contributed by atoms with Crippen LogP contribution in [0.25, 0.3) is 11.1 Å². The Morgan fingerprint density at radius 1 is 1.19 bits per heavy atom. The fourth-order valence-corrected chi connectivity index (χ4v) is 1.53. The standard InChI is InChI=1S/C13H10FNO/c1-9-12(6-15-7-13(9)14)11-4-2-10(8-16)3-5-11/h2-8H,1H3. The highest BCUT2D eigenvalue weighted by Gasteiger charge is 2.06. The molecule has 1 heterocycles. The van der Waals surface area contributed by atoms with Gasteiger partial charge >= 0.3 is 0 Å². The second-order valence-electron chi connectivity index (χ2n) is 3.53. The predicted octanol–water partition coefficient (Wildman–Crippen LogP) is 3.01. The molecule has 0 aliphatic rings. The maximum Gasteiger partial charge on any atom is 0.150 e. The Kier molecular flexibility index (Phi) is 2.77. The van der Waals surface area contributed by atoms with Crippen molar-refractivity contribution in [3.05, 3.63) is 53.6 Å². The average molecular weight is 215 g/mol. The van der Waals surface area contributed by atoms with Gasteiger partial charge in [0.05, 0.1) is 6.20 Å². The zero-order valence-electron chi connectivity index (χ0n) is 8.77. The highest BCUT2D eigenvalue weighted by atomic mass is 19.1. The highest BCUT2D eigenvalue weighted by Crippen LogP contribution is 2.23. The lowest BCUT2D eigenvalue weighted by atomic mass is 10.0. The third-order valence-corrected chi connectivity index (χ3v) is 2.51. The highest BCUT2D eigenvalue weighted by molar-refractivity contribution is 5.77. The van der Waals surface area contributed by atoms with E-state index in [1.54, 1.807) is 37.4 Å². The molecular formula is C13H10FNO. The molecule has 0 atom stereocenters. The number of aromatic nitrogens is 1. The molecule has 2 aromatic rings. The summed E-state index contributed by atoms with van der Waals surface area (Å²) in [5, 5.41) is 0. The molecule has 16 heavy (non-hydrogen) atoms. The maximum absolute atomic E-state index is 13.3. The number of carbonyl (C=O) groups excluding carboxylic acids is 1. The van der Waals surface area contributed by atoms with Crippen LogP contribution in [0.1, 0.15) is 15.9 Å². The topological polar surface area (TPSA) is 30.0 Å². The van der Waals surface area contributed by atoms with E-state index in [4.69, 9.17) is 0 Å². The summed E-state index contributed by atoms with van der Waals surface area (Å²) in [6.45, 7) is 1.71. The van der Waals surface area contributed by atoms with Gasteiger partial charge in [0.2, 0.25) is 0 Å². The largest absolute Gasteiger partial charge is 0.298 e. The van der Waals surface area contributed by atoms with Crippen molar-refractivity contribution >= 4 is 6.29 Å². The van der Waals surface area contributed by atoms with Crippen LogP contribution < -0.4 is 0 Å². The van der Waals surface area contributed by atoms with E-state index in [9.17, 15) is 9.18 Å². The van der Waals surface area contributed by atoms with Gasteiger partial charge in [0.25, 0.3) is 0 Å². The van der Waals surface area contributed by atoms with Gasteiger partial charge in [0.15, 0.2) is 0 Å². The molecule has 0 saturated heterocycles. The fraction of sp³-hybridized carbons (Fsp3) is 0.0769. The van der Waals surface area contributed by atoms with E-state index in [-0.39, 0.29) is 5.82 Å². The molecule has 0 spiro atoms. The van der Waals surface area contributed by atoms with E-state index >= 15 is 0 Å². The minimum Gasteiger partial charge on any atom is -0.298 e. The first-order valence-corrected chi connectivity index (χ1v) is 4.88. The molecule has 0 aliphatic heterocycles. The zero-order chi connectivity index (χ0) is 11.5. The summed E-state index contributed by atoms with van der Waals surface area (Å²) >= 11 is 0. The number of carbonyl (C=O) groups is 1. The number of rotatable bonds is 2. The normalized spacial score (nSPS) is 10.1. The van der Waals surface area contributed by atoms with Crippen molar-refractivity contribution in [1.29, 1.82) is 0 Å². The monoisotopic (exact) mass is 215 g/mol. The Morgan fingerprint density at radius 3 is 2.50 bits per heavy atom. The lowest BCUT2D eigenvalue weighted by Crippen LogP contribution is -1.90. The third kappa shape index (κ3) is 1.84. The summed E-state index contributed by atoms with van der Waals surface area (Å²) in [5.41, 5.74) is 2.77. The van der Waals surface area contributed by atoms with Crippen LogP contribution >= 0.6 is 0 Å². The van der Waals surface area contributed by atoms with Gasteiger partial charge in [-0.1, -0.05) is 24.3 Å². The van der Waals surface area contributed by atoms with Crippen molar-refractivity contribution in [2.24, 2.45) is 0 Å². The molecule has 0 aliphatic carbocycles. The smallest absolute Gasteiger partial charge is 0.150 e. The quantitative estimate of drug-likeness (QED) is 0.721. The van der Waals surface area contributed by atoms with E-state index in [0.29, 0.717) is 11.1 Å². The molecule has 0 unspecified atom stereocenters. The van der Waals surface area contributed by atoms with E-state index < -0.39 is 0 Å². The Hall–Kier alpha value is -2.03. The molecule has 2 nitrogen and oxygen atoms in total. The molecule has 2 rings (SSSR count). The van der Waals surface area contributed by atoms with Gasteiger partial charge in [-0.3, -0.25) is 9.78 Å². The van der Waals surface area contributed by atoms with Crippen molar-refractivity contribution in [3.8, 4) is 11.1 Å². The fourth-order valence-electron chi connectivity index (χ4n) is 1.53. The van der Waals surface area contributed by atoms with Crippen LogP contribution in [-0.2, 0) is 0 Å². The van der Waals surface area contributed by atoms with E-state index in [2.05, 4.69) is 4.98 Å². The van der Waals surface area contributed by atoms with Gasteiger partial charge in [0.1, 0.15) is 12.1 Å². The second kappa shape index (κ2) is 4.23. The molecule has 0 bridgehead atoms. The van der Waals surface area contributed by atoms with E-state index in [1.165, 1.54) is 6.20 Å². The second-order valence-corrected chi connectivity index (χ2v) is 3.53. The first kappa shape index (κ1) is 10.5. The number of aldehydes is 1. The molecule has 0 N–H and O–H groups in total. The molecular weight excluding hydrogens is 205 g/mol. The zero-order valence-corrected chi connectivity index (χ0v) is 8.77. The lowest BCUT2D eigenvalue weighted by Gasteiger charge is -2.05. The Balaban J connectivity index is 2.50. The van der Waals surface area contributed by atoms with E-state index in [0.717, 1.165) is 17.4 Å². The van der Waals surface area contributed by atoms with Crippen LogP contribution in [0.4, 0.5) is 4.39 Å². The minimum atomic E-state index is -0.322. The summed E-state index contributed by atoms with van der Waals surface area (Å²) < 4.78 is 13.3. The Labute approximate surface area is 92.8 Å². The number of halogens is 1. The van der Waals surface area contributed by atoms with Crippen LogP contribution in [-0.4, -0.2) is 11.3 Å². The summed E-state index contributed by atoms with van der Waals surface area (Å²) in [6, 6.07) is 6.97. The van der Waals surface area contributed by atoms with Crippen molar-refractivity contribution in [1.82, 2.24) is 4.98 Å². The summed E-state index contributed by atoms with van der Waals surface area (Å²) in [4.78, 5) is 14.3. The number of pyridine rings is 1. The first-order valence-electron chi connectivity index (χ1n) is 4.88. The SMILES string of the molecule is Cc1c(F)cncc1-c1ccc(C=O)cc1. The van der Waals surface area contributed by atoms with Crippen LogP contribution in [0.3, 0.4) is 0 Å². The van der Waals surface area contributed by atoms with Crippen molar-refractivity contribution in [2.75, 3.05) is 0 Å². The summed E-state index contributed by atoms with van der Waals surface area (Å²) in [6.07, 6.45) is 3.59. The van der Waals surface area contributed by atoms with Gasteiger partial charge in [0, 0.05) is 17.3 Å². The molecule has 80 valence electrons. The molecule has 1 aromatic heterocycles. The number of nitrogens with zero attached hydrogens (tertiary/aromatic N) is 1. The van der Waals surface area contributed by atoms with Gasteiger partial charge in [-0.15, -0.1) is 0 Å². The first-order chi connectivity index (χ1) is 7.72. The van der Waals surface area contributed by atoms with Gasteiger partial charge in [-0.2, -0.15) is 0 Å². The molecule has 0 amide bonds. The van der Waals surface area contributed by atoms with Crippen molar-refractivity contribution < 1.29 is 9.18 Å². The Morgan fingerprint density at radius 2 is 1.88 bits per heavy atom. The van der Waals surface area contributed by atoms with Crippen LogP contribution in [0, 0.1) is 12.7 Å². The third-order valence-electron chi connectivity index (χ3n) is 2.51.